The predicted molar refractivity (Wildman–Crippen MR) is 78.8 cm³/mol. The predicted octanol–water partition coefficient (Wildman–Crippen LogP) is 0.862. The van der Waals surface area contributed by atoms with Crippen LogP contribution in [0.4, 0.5) is 5.69 Å². The summed E-state index contributed by atoms with van der Waals surface area (Å²) in [5, 5.41) is 11.0. The van der Waals surface area contributed by atoms with Gasteiger partial charge in [0.15, 0.2) is 15.6 Å². The fraction of sp³-hybridized carbons (Fsp3) is 0.462. The number of hydrogen-bond acceptors (Lipinski definition) is 6. The molecule has 1 aliphatic rings. The summed E-state index contributed by atoms with van der Waals surface area (Å²) in [7, 11) is -0.302. The molecule has 0 spiro atoms. The number of carbonyl (C=O) groups is 1. The lowest BCUT2D eigenvalue weighted by Gasteiger charge is -2.23. The zero-order valence-electron chi connectivity index (χ0n) is 12.2. The first kappa shape index (κ1) is 16.2. The Balaban J connectivity index is 2.26. The number of sulfone groups is 1. The van der Waals surface area contributed by atoms with Crippen molar-refractivity contribution in [3.05, 3.63) is 33.9 Å². The van der Waals surface area contributed by atoms with Crippen molar-refractivity contribution < 1.29 is 22.9 Å². The highest BCUT2D eigenvalue weighted by Crippen LogP contribution is 2.28. The van der Waals surface area contributed by atoms with E-state index in [1.54, 1.807) is 0 Å². The molecule has 8 nitrogen and oxygen atoms in total. The zero-order chi connectivity index (χ0) is 16.5. The summed E-state index contributed by atoms with van der Waals surface area (Å²) in [5.74, 6) is -0.411. The third-order valence-electron chi connectivity index (χ3n) is 3.70. The molecule has 0 N–H and O–H groups in total. The highest BCUT2D eigenvalue weighted by molar-refractivity contribution is 7.91. The van der Waals surface area contributed by atoms with Gasteiger partial charge in [-0.25, -0.2) is 8.42 Å². The van der Waals surface area contributed by atoms with Crippen LogP contribution in [-0.2, 0) is 9.84 Å². The lowest BCUT2D eigenvalue weighted by atomic mass is 10.1. The van der Waals surface area contributed by atoms with E-state index < -0.39 is 26.7 Å². The van der Waals surface area contributed by atoms with Gasteiger partial charge < -0.3 is 9.64 Å². The Morgan fingerprint density at radius 1 is 1.45 bits per heavy atom. The van der Waals surface area contributed by atoms with Gasteiger partial charge >= 0.3 is 5.69 Å². The number of ether oxygens (including phenoxy) is 1. The maximum absolute atomic E-state index is 12.4. The number of carbonyl (C=O) groups excluding carboxylic acids is 1. The van der Waals surface area contributed by atoms with Gasteiger partial charge in [0.25, 0.3) is 5.91 Å². The minimum absolute atomic E-state index is 0.0536. The molecule has 1 saturated heterocycles. The van der Waals surface area contributed by atoms with Crippen molar-refractivity contribution in [2.75, 3.05) is 25.7 Å². The number of hydrogen-bond donors (Lipinski definition) is 0. The number of nitro benzene ring substituents is 1. The summed E-state index contributed by atoms with van der Waals surface area (Å²) in [6.45, 7) is 0. The molecule has 1 atom stereocenters. The molecule has 1 amide bonds. The van der Waals surface area contributed by atoms with E-state index >= 15 is 0 Å². The first-order valence-electron chi connectivity index (χ1n) is 6.55. The van der Waals surface area contributed by atoms with Gasteiger partial charge in [-0.3, -0.25) is 14.9 Å². The molecule has 1 heterocycles. The van der Waals surface area contributed by atoms with E-state index in [-0.39, 0.29) is 28.5 Å². The largest absolute Gasteiger partial charge is 0.490 e. The second kappa shape index (κ2) is 5.91. The van der Waals surface area contributed by atoms with Crippen LogP contribution in [0.3, 0.4) is 0 Å². The van der Waals surface area contributed by atoms with E-state index in [1.165, 1.54) is 31.2 Å². The van der Waals surface area contributed by atoms with Gasteiger partial charge in [0.1, 0.15) is 0 Å². The number of methoxy groups -OCH3 is 1. The third-order valence-corrected chi connectivity index (χ3v) is 5.45. The smallest absolute Gasteiger partial charge is 0.311 e. The molecule has 120 valence electrons. The highest BCUT2D eigenvalue weighted by atomic mass is 32.2. The summed E-state index contributed by atoms with van der Waals surface area (Å²) < 4.78 is 27.9. The van der Waals surface area contributed by atoms with E-state index in [1.807, 2.05) is 0 Å². The summed E-state index contributed by atoms with van der Waals surface area (Å²) >= 11 is 0. The van der Waals surface area contributed by atoms with Crippen molar-refractivity contribution >= 4 is 21.4 Å². The molecule has 0 bridgehead atoms. The van der Waals surface area contributed by atoms with Crippen molar-refractivity contribution in [1.29, 1.82) is 0 Å². The summed E-state index contributed by atoms with van der Waals surface area (Å²) in [5.41, 5.74) is -0.180. The lowest BCUT2D eigenvalue weighted by molar-refractivity contribution is -0.385. The Kier molecular flexibility index (Phi) is 4.36. The fourth-order valence-electron chi connectivity index (χ4n) is 2.42. The van der Waals surface area contributed by atoms with Crippen LogP contribution in [-0.4, -0.2) is 55.9 Å². The van der Waals surface area contributed by atoms with Crippen molar-refractivity contribution in [2.24, 2.45) is 0 Å². The topological polar surface area (TPSA) is 107 Å². The SMILES string of the molecule is COc1ccc(C(=O)N(C)[C@@H]2CCS(=O)(=O)C2)cc1[N+](=O)[O-]. The monoisotopic (exact) mass is 328 g/mol. The first-order chi connectivity index (χ1) is 10.2. The summed E-state index contributed by atoms with van der Waals surface area (Å²) in [6, 6.07) is 3.51. The first-order valence-corrected chi connectivity index (χ1v) is 8.37. The molecule has 9 heteroatoms. The van der Waals surface area contributed by atoms with Gasteiger partial charge in [0, 0.05) is 24.7 Å². The molecule has 0 aromatic heterocycles. The highest BCUT2D eigenvalue weighted by Gasteiger charge is 2.33. The fourth-order valence-corrected chi connectivity index (χ4v) is 4.19. The number of nitrogens with zero attached hydrogens (tertiary/aromatic N) is 2. The maximum Gasteiger partial charge on any atom is 0.311 e. The molecule has 1 aromatic rings. The molecule has 0 radical (unpaired) electrons. The maximum atomic E-state index is 12.4. The van der Waals surface area contributed by atoms with Crippen LogP contribution >= 0.6 is 0 Å². The minimum atomic E-state index is -3.11. The van der Waals surface area contributed by atoms with Gasteiger partial charge in [0.05, 0.1) is 23.5 Å². The van der Waals surface area contributed by atoms with Crippen molar-refractivity contribution in [2.45, 2.75) is 12.5 Å². The van der Waals surface area contributed by atoms with Crippen LogP contribution in [0.1, 0.15) is 16.8 Å². The van der Waals surface area contributed by atoms with Crippen LogP contribution in [0.5, 0.6) is 5.75 Å². The molecule has 0 saturated carbocycles. The molecule has 0 unspecified atom stereocenters. The molecule has 1 fully saturated rings. The standard InChI is InChI=1S/C13H16N2O6S/c1-14(10-5-6-22(19,20)8-10)13(16)9-3-4-12(21-2)11(7-9)15(17)18/h3-4,7,10H,5-6,8H2,1-2H3/t10-/m1/s1. The average Bonchev–Trinajstić information content (AvgIpc) is 2.85. The normalized spacial score (nSPS) is 19.6. The minimum Gasteiger partial charge on any atom is -0.490 e. The van der Waals surface area contributed by atoms with Gasteiger partial charge in [-0.05, 0) is 18.6 Å². The van der Waals surface area contributed by atoms with Gasteiger partial charge in [-0.15, -0.1) is 0 Å². The summed E-state index contributed by atoms with van der Waals surface area (Å²) in [4.78, 5) is 24.1. The molecular weight excluding hydrogens is 312 g/mol. The van der Waals surface area contributed by atoms with E-state index in [9.17, 15) is 23.3 Å². The van der Waals surface area contributed by atoms with Crippen LogP contribution in [0, 0.1) is 10.1 Å². The Labute approximate surface area is 127 Å². The van der Waals surface area contributed by atoms with E-state index in [2.05, 4.69) is 0 Å². The third kappa shape index (κ3) is 3.19. The van der Waals surface area contributed by atoms with E-state index in [0.717, 1.165) is 6.07 Å². The molecular formula is C13H16N2O6S. The van der Waals surface area contributed by atoms with Gasteiger partial charge in [-0.2, -0.15) is 0 Å². The van der Waals surface area contributed by atoms with Gasteiger partial charge in [0.2, 0.25) is 0 Å². The Morgan fingerprint density at radius 3 is 2.64 bits per heavy atom. The van der Waals surface area contributed by atoms with Crippen molar-refractivity contribution in [3.8, 4) is 5.75 Å². The summed E-state index contributed by atoms with van der Waals surface area (Å²) in [6.07, 6.45) is 0.378. The van der Waals surface area contributed by atoms with Gasteiger partial charge in [-0.1, -0.05) is 0 Å². The van der Waals surface area contributed by atoms with Crippen LogP contribution in [0.2, 0.25) is 0 Å². The second-order valence-corrected chi connectivity index (χ2v) is 7.35. The molecule has 22 heavy (non-hydrogen) atoms. The van der Waals surface area contributed by atoms with Crippen LogP contribution in [0.25, 0.3) is 0 Å². The van der Waals surface area contributed by atoms with E-state index in [0.29, 0.717) is 6.42 Å². The zero-order valence-corrected chi connectivity index (χ0v) is 13.0. The van der Waals surface area contributed by atoms with Crippen molar-refractivity contribution in [3.63, 3.8) is 0 Å². The quantitative estimate of drug-likeness (QED) is 0.599. The Morgan fingerprint density at radius 2 is 2.14 bits per heavy atom. The van der Waals surface area contributed by atoms with Crippen molar-refractivity contribution in [1.82, 2.24) is 4.90 Å². The molecule has 2 rings (SSSR count). The number of amides is 1. The lowest BCUT2D eigenvalue weighted by Crippen LogP contribution is -2.37. The Bertz CT molecular complexity index is 715. The van der Waals surface area contributed by atoms with Crippen LogP contribution in [0.15, 0.2) is 18.2 Å². The van der Waals surface area contributed by atoms with E-state index in [4.69, 9.17) is 4.74 Å². The number of nitro groups is 1. The molecule has 1 aromatic carbocycles. The number of benzene rings is 1. The Hall–Kier alpha value is -2.16. The molecule has 0 aliphatic carbocycles. The van der Waals surface area contributed by atoms with Crippen LogP contribution < -0.4 is 4.74 Å². The average molecular weight is 328 g/mol. The second-order valence-electron chi connectivity index (χ2n) is 5.12. The molecule has 1 aliphatic heterocycles. The number of rotatable bonds is 4.